The molecule has 0 saturated heterocycles. The van der Waals surface area contributed by atoms with Gasteiger partial charge in [-0.15, -0.1) is 0 Å². The number of hydrogen-bond acceptors (Lipinski definition) is 2. The van der Waals surface area contributed by atoms with Gasteiger partial charge in [-0.2, -0.15) is 13.6 Å². The van der Waals surface area contributed by atoms with Gasteiger partial charge >= 0.3 is 5.69 Å². The average molecular weight is 512 g/mol. The van der Waals surface area contributed by atoms with Gasteiger partial charge in [0.15, 0.2) is 5.52 Å². The lowest BCUT2D eigenvalue weighted by Gasteiger charge is -2.35. The normalized spacial score (nSPS) is 16.5. The molecule has 4 nitrogen and oxygen atoms in total. The van der Waals surface area contributed by atoms with Crippen LogP contribution in [-0.2, 0) is 0 Å². The molecule has 5 aromatic carbocycles. The molecule has 0 saturated carbocycles. The summed E-state index contributed by atoms with van der Waals surface area (Å²) in [5.74, 6) is 0. The molecule has 0 fully saturated rings. The number of rotatable bonds is 2. The summed E-state index contributed by atoms with van der Waals surface area (Å²) in [5, 5.41) is 2.26. The minimum Gasteiger partial charge on any atom is -0.323 e. The van der Waals surface area contributed by atoms with E-state index in [9.17, 15) is 4.79 Å². The molecule has 2 aliphatic heterocycles. The quantitative estimate of drug-likeness (QED) is 0.259. The SMILES string of the molecule is O=c1n2c3c(ccc4ccc5c(c43)[n+]1=C1C=CC=CC1N5c1ccccc1)B(c1ccccc1)c1ccccc1-2. The third kappa shape index (κ3) is 2.71. The molecule has 0 spiro atoms. The zero-order chi connectivity index (χ0) is 26.4. The zero-order valence-corrected chi connectivity index (χ0v) is 21.6. The van der Waals surface area contributed by atoms with Gasteiger partial charge in [0.2, 0.25) is 0 Å². The lowest BCUT2D eigenvalue weighted by Crippen LogP contribution is -2.61. The molecule has 6 aromatic rings. The monoisotopic (exact) mass is 512 g/mol. The van der Waals surface area contributed by atoms with Crippen LogP contribution in [0.3, 0.4) is 0 Å². The first-order valence-corrected chi connectivity index (χ1v) is 13.7. The Morgan fingerprint density at radius 2 is 1.45 bits per heavy atom. The van der Waals surface area contributed by atoms with Crippen molar-refractivity contribution in [2.45, 2.75) is 6.04 Å². The molecule has 3 heterocycles. The highest BCUT2D eigenvalue weighted by Gasteiger charge is 2.41. The summed E-state index contributed by atoms with van der Waals surface area (Å²) in [4.78, 5) is 17.2. The van der Waals surface area contributed by atoms with Crippen LogP contribution in [0.15, 0.2) is 138 Å². The largest absolute Gasteiger partial charge is 0.509 e. The van der Waals surface area contributed by atoms with Crippen LogP contribution in [0.4, 0.5) is 11.4 Å². The topological polar surface area (TPSA) is 31.1 Å². The van der Waals surface area contributed by atoms with E-state index in [0.717, 1.165) is 55.5 Å². The number of fused-ring (bicyclic) bond motifs is 3. The molecule has 1 aromatic heterocycles. The van der Waals surface area contributed by atoms with Crippen molar-refractivity contribution in [2.75, 3.05) is 4.90 Å². The van der Waals surface area contributed by atoms with Crippen LogP contribution in [0.1, 0.15) is 0 Å². The van der Waals surface area contributed by atoms with Gasteiger partial charge in [0.05, 0.1) is 11.1 Å². The van der Waals surface area contributed by atoms with Gasteiger partial charge in [-0.05, 0) is 46.7 Å². The van der Waals surface area contributed by atoms with Crippen molar-refractivity contribution in [1.29, 1.82) is 0 Å². The fourth-order valence-electron chi connectivity index (χ4n) is 7.13. The van der Waals surface area contributed by atoms with Crippen LogP contribution in [0.2, 0.25) is 0 Å². The van der Waals surface area contributed by atoms with E-state index in [1.165, 1.54) is 5.46 Å². The summed E-state index contributed by atoms with van der Waals surface area (Å²) in [5.41, 5.74) is 9.56. The Morgan fingerprint density at radius 1 is 0.700 bits per heavy atom. The summed E-state index contributed by atoms with van der Waals surface area (Å²) in [6.45, 7) is 0.0370. The Labute approximate surface area is 231 Å². The molecule has 1 aliphatic carbocycles. The van der Waals surface area contributed by atoms with E-state index in [0.29, 0.717) is 0 Å². The fraction of sp³-hybridized carbons (Fsp3) is 0.0286. The molecule has 1 atom stereocenters. The summed E-state index contributed by atoms with van der Waals surface area (Å²) in [6, 6.07) is 38.3. The second kappa shape index (κ2) is 7.93. The molecule has 3 aliphatic rings. The van der Waals surface area contributed by atoms with Crippen LogP contribution in [0.25, 0.3) is 27.5 Å². The summed E-state index contributed by atoms with van der Waals surface area (Å²) in [6.07, 6.45) is 8.39. The minimum atomic E-state index is -0.0943. The Bertz CT molecular complexity index is 2200. The fourth-order valence-corrected chi connectivity index (χ4v) is 7.13. The van der Waals surface area contributed by atoms with Gasteiger partial charge in [0, 0.05) is 5.69 Å². The van der Waals surface area contributed by atoms with Crippen molar-refractivity contribution in [3.05, 3.63) is 150 Å². The second-order valence-corrected chi connectivity index (χ2v) is 10.7. The van der Waals surface area contributed by atoms with Crippen molar-refractivity contribution in [3.8, 4) is 5.69 Å². The highest BCUT2D eigenvalue weighted by atomic mass is 16.1. The van der Waals surface area contributed by atoms with Crippen molar-refractivity contribution >= 4 is 56.3 Å². The van der Waals surface area contributed by atoms with E-state index >= 15 is 0 Å². The first-order chi connectivity index (χ1) is 19.8. The molecule has 0 amide bonds. The predicted molar refractivity (Wildman–Crippen MR) is 163 cm³/mol. The van der Waals surface area contributed by atoms with Crippen LogP contribution in [0, 0.1) is 5.71 Å². The summed E-state index contributed by atoms with van der Waals surface area (Å²) >= 11 is 0. The van der Waals surface area contributed by atoms with Gasteiger partial charge in [-0.3, -0.25) is 0 Å². The highest BCUT2D eigenvalue weighted by molar-refractivity contribution is 6.98. The molecule has 40 heavy (non-hydrogen) atoms. The maximum absolute atomic E-state index is 14.8. The van der Waals surface area contributed by atoms with Gasteiger partial charge in [0.1, 0.15) is 23.0 Å². The van der Waals surface area contributed by atoms with E-state index in [2.05, 4.69) is 120 Å². The maximum Gasteiger partial charge on any atom is 0.509 e. The molecule has 9 rings (SSSR count). The number of aromatic nitrogens is 2. The third-order valence-electron chi connectivity index (χ3n) is 8.71. The van der Waals surface area contributed by atoms with Gasteiger partial charge in [-0.1, -0.05) is 109 Å². The van der Waals surface area contributed by atoms with E-state index in [1.807, 2.05) is 27.0 Å². The van der Waals surface area contributed by atoms with E-state index in [4.69, 9.17) is 0 Å². The molecular weight excluding hydrogens is 489 g/mol. The van der Waals surface area contributed by atoms with Gasteiger partial charge in [0.25, 0.3) is 6.71 Å². The molecular formula is C35H23BN3O+. The van der Waals surface area contributed by atoms with Crippen molar-refractivity contribution < 1.29 is 4.24 Å². The van der Waals surface area contributed by atoms with Crippen LogP contribution >= 0.6 is 0 Å². The Kier molecular flexibility index (Phi) is 4.31. The molecule has 0 radical (unpaired) electrons. The Balaban J connectivity index is 1.52. The van der Waals surface area contributed by atoms with Crippen LogP contribution < -0.4 is 31.2 Å². The van der Waals surface area contributed by atoms with E-state index in [1.54, 1.807) is 0 Å². The summed E-state index contributed by atoms with van der Waals surface area (Å²) < 4.78 is 3.94. The molecule has 186 valence electrons. The number of anilines is 2. The van der Waals surface area contributed by atoms with Gasteiger partial charge < -0.3 is 4.90 Å². The van der Waals surface area contributed by atoms with E-state index < -0.39 is 0 Å². The predicted octanol–water partition coefficient (Wildman–Crippen LogP) is 4.01. The molecule has 1 unspecified atom stereocenters. The smallest absolute Gasteiger partial charge is 0.323 e. The minimum absolute atomic E-state index is 0.0275. The standard InChI is InChI=1S/C35H23BN3O/c40-35-38-28-16-8-7-15-26(28)36(24-11-3-1-4-12-24)27-21-19-23-20-22-31-34(32(23)33(27)38)39(35)30-18-10-9-17-29(30)37(31)25-13-5-2-6-14-25/h1-22,29H/q+1. The Morgan fingerprint density at radius 3 is 2.30 bits per heavy atom. The number of allylic oxidation sites excluding steroid dienone is 2. The van der Waals surface area contributed by atoms with Crippen molar-refractivity contribution in [1.82, 2.24) is 4.57 Å². The lowest BCUT2D eigenvalue weighted by molar-refractivity contribution is -0.515. The van der Waals surface area contributed by atoms with E-state index in [-0.39, 0.29) is 18.4 Å². The number of benzene rings is 5. The van der Waals surface area contributed by atoms with Crippen molar-refractivity contribution in [3.63, 3.8) is 0 Å². The van der Waals surface area contributed by atoms with Crippen LogP contribution in [-0.4, -0.2) is 17.3 Å². The Hall–Kier alpha value is -5.16. The maximum atomic E-state index is 14.8. The second-order valence-electron chi connectivity index (χ2n) is 10.7. The van der Waals surface area contributed by atoms with Crippen LogP contribution in [0.5, 0.6) is 0 Å². The van der Waals surface area contributed by atoms with Crippen molar-refractivity contribution in [2.24, 2.45) is 0 Å². The number of nitrogens with zero attached hydrogens (tertiary/aromatic N) is 3. The zero-order valence-electron chi connectivity index (χ0n) is 21.6. The number of hydrogen-bond donors (Lipinski definition) is 0. The first-order valence-electron chi connectivity index (χ1n) is 13.7. The molecule has 5 heteroatoms. The average Bonchev–Trinajstić information content (AvgIpc) is 3.02. The molecule has 0 N–H and O–H groups in total. The van der Waals surface area contributed by atoms with Gasteiger partial charge in [-0.25, -0.2) is 0 Å². The summed E-state index contributed by atoms with van der Waals surface area (Å²) in [7, 11) is 0. The lowest BCUT2D eigenvalue weighted by atomic mass is 9.35. The number of para-hydroxylation sites is 2. The molecule has 0 bridgehead atoms. The highest BCUT2D eigenvalue weighted by Crippen LogP contribution is 2.40. The first kappa shape index (κ1) is 21.7. The third-order valence-corrected chi connectivity index (χ3v) is 8.71.